The smallest absolute Gasteiger partial charge is 0.248 e. The van der Waals surface area contributed by atoms with E-state index in [4.69, 9.17) is 9.47 Å². The molecular weight excluding hydrogens is 296 g/mol. The first-order chi connectivity index (χ1) is 11.0. The topological polar surface area (TPSA) is 78.3 Å². The van der Waals surface area contributed by atoms with Crippen molar-refractivity contribution in [1.29, 1.82) is 0 Å². The lowest BCUT2D eigenvalue weighted by atomic mass is 10.00. The molecular formula is C16H20N4O3. The highest BCUT2D eigenvalue weighted by Gasteiger charge is 2.41. The number of aryl methyl sites for hydroxylation is 1. The lowest BCUT2D eigenvalue weighted by molar-refractivity contribution is -0.135. The van der Waals surface area contributed by atoms with Crippen molar-refractivity contribution in [3.63, 3.8) is 0 Å². The van der Waals surface area contributed by atoms with Crippen molar-refractivity contribution in [2.24, 2.45) is 0 Å². The number of amides is 1. The van der Waals surface area contributed by atoms with E-state index in [-0.39, 0.29) is 5.91 Å². The number of methoxy groups -OCH3 is 1. The zero-order valence-corrected chi connectivity index (χ0v) is 13.5. The standard InChI is InChI=1S/C16H20N4O3/c1-11-18-19-14-9-23-10-16(2,20(11)14)15(21)17-8-12-4-6-13(22-3)7-5-12/h4-7H,8-10H2,1-3H3,(H,17,21). The van der Waals surface area contributed by atoms with Gasteiger partial charge in [0.05, 0.1) is 13.7 Å². The first-order valence-corrected chi connectivity index (χ1v) is 7.45. The Balaban J connectivity index is 1.74. The van der Waals surface area contributed by atoms with Crippen LogP contribution in [0.3, 0.4) is 0 Å². The Kier molecular flexibility index (Phi) is 4.04. The Hall–Kier alpha value is -2.41. The number of nitrogens with zero attached hydrogens (tertiary/aromatic N) is 3. The summed E-state index contributed by atoms with van der Waals surface area (Å²) < 4.78 is 12.5. The van der Waals surface area contributed by atoms with Crippen molar-refractivity contribution in [2.45, 2.75) is 32.5 Å². The fourth-order valence-electron chi connectivity index (χ4n) is 2.83. The number of rotatable bonds is 4. The van der Waals surface area contributed by atoms with Gasteiger partial charge >= 0.3 is 0 Å². The van der Waals surface area contributed by atoms with Crippen LogP contribution in [0.5, 0.6) is 5.75 Å². The summed E-state index contributed by atoms with van der Waals surface area (Å²) in [4.78, 5) is 12.7. The lowest BCUT2D eigenvalue weighted by Gasteiger charge is -2.34. The summed E-state index contributed by atoms with van der Waals surface area (Å²) >= 11 is 0. The van der Waals surface area contributed by atoms with Crippen LogP contribution in [0.25, 0.3) is 0 Å². The zero-order chi connectivity index (χ0) is 16.4. The summed E-state index contributed by atoms with van der Waals surface area (Å²) in [6.45, 7) is 4.80. The van der Waals surface area contributed by atoms with Crippen molar-refractivity contribution in [1.82, 2.24) is 20.1 Å². The molecule has 1 amide bonds. The van der Waals surface area contributed by atoms with Crippen LogP contribution in [0.15, 0.2) is 24.3 Å². The maximum Gasteiger partial charge on any atom is 0.248 e. The summed E-state index contributed by atoms with van der Waals surface area (Å²) in [6, 6.07) is 7.59. The van der Waals surface area contributed by atoms with Gasteiger partial charge < -0.3 is 14.8 Å². The van der Waals surface area contributed by atoms with E-state index in [1.165, 1.54) is 0 Å². The normalized spacial score (nSPS) is 20.0. The van der Waals surface area contributed by atoms with Crippen molar-refractivity contribution < 1.29 is 14.3 Å². The Labute approximate surface area is 134 Å². The van der Waals surface area contributed by atoms with Gasteiger partial charge in [0.25, 0.3) is 0 Å². The minimum absolute atomic E-state index is 0.114. The van der Waals surface area contributed by atoms with Gasteiger partial charge in [0.15, 0.2) is 5.82 Å². The molecule has 1 unspecified atom stereocenters. The largest absolute Gasteiger partial charge is 0.497 e. The first kappa shape index (κ1) is 15.5. The lowest BCUT2D eigenvalue weighted by Crippen LogP contribution is -2.52. The van der Waals surface area contributed by atoms with Gasteiger partial charge in [0.2, 0.25) is 5.91 Å². The fraction of sp³-hybridized carbons (Fsp3) is 0.438. The number of aromatic nitrogens is 3. The molecule has 7 nitrogen and oxygen atoms in total. The molecule has 1 aliphatic rings. The number of fused-ring (bicyclic) bond motifs is 1. The van der Waals surface area contributed by atoms with Gasteiger partial charge in [-0.25, -0.2) is 0 Å². The fourth-order valence-corrected chi connectivity index (χ4v) is 2.83. The molecule has 0 radical (unpaired) electrons. The number of hydrogen-bond acceptors (Lipinski definition) is 5. The third kappa shape index (κ3) is 2.79. The van der Waals surface area contributed by atoms with Crippen molar-refractivity contribution in [2.75, 3.05) is 13.7 Å². The van der Waals surface area contributed by atoms with Crippen LogP contribution in [-0.4, -0.2) is 34.4 Å². The van der Waals surface area contributed by atoms with E-state index in [2.05, 4.69) is 15.5 Å². The Morgan fingerprint density at radius 2 is 2.13 bits per heavy atom. The van der Waals surface area contributed by atoms with Gasteiger partial charge in [-0.3, -0.25) is 9.36 Å². The van der Waals surface area contributed by atoms with Crippen LogP contribution in [0.1, 0.15) is 24.1 Å². The summed E-state index contributed by atoms with van der Waals surface area (Å²) in [5.74, 6) is 2.07. The molecule has 0 aliphatic carbocycles. The van der Waals surface area contributed by atoms with Gasteiger partial charge in [0, 0.05) is 6.54 Å². The molecule has 0 saturated heterocycles. The summed E-state index contributed by atoms with van der Waals surface area (Å²) in [7, 11) is 1.62. The minimum atomic E-state index is -0.840. The van der Waals surface area contributed by atoms with E-state index in [9.17, 15) is 4.79 Å². The molecule has 0 saturated carbocycles. The zero-order valence-electron chi connectivity index (χ0n) is 13.5. The van der Waals surface area contributed by atoms with Gasteiger partial charge in [-0.1, -0.05) is 12.1 Å². The molecule has 1 N–H and O–H groups in total. The number of benzene rings is 1. The van der Waals surface area contributed by atoms with E-state index in [1.54, 1.807) is 7.11 Å². The highest BCUT2D eigenvalue weighted by molar-refractivity contribution is 5.84. The Bertz CT molecular complexity index is 711. The summed E-state index contributed by atoms with van der Waals surface area (Å²) in [5.41, 5.74) is 0.161. The Morgan fingerprint density at radius 1 is 1.39 bits per heavy atom. The molecule has 2 aromatic rings. The Morgan fingerprint density at radius 3 is 2.83 bits per heavy atom. The van der Waals surface area contributed by atoms with E-state index in [1.807, 2.05) is 42.7 Å². The van der Waals surface area contributed by atoms with Crippen LogP contribution >= 0.6 is 0 Å². The molecule has 1 aromatic carbocycles. The van der Waals surface area contributed by atoms with Crippen molar-refractivity contribution >= 4 is 5.91 Å². The molecule has 2 heterocycles. The maximum atomic E-state index is 12.7. The molecule has 7 heteroatoms. The summed E-state index contributed by atoms with van der Waals surface area (Å²) in [5, 5.41) is 11.1. The molecule has 0 fully saturated rings. The second-order valence-corrected chi connectivity index (χ2v) is 5.80. The SMILES string of the molecule is COc1ccc(CNC(=O)C2(C)COCc3nnc(C)n32)cc1. The predicted molar refractivity (Wildman–Crippen MR) is 82.9 cm³/mol. The number of nitrogens with one attached hydrogen (secondary N) is 1. The minimum Gasteiger partial charge on any atom is -0.497 e. The van der Waals surface area contributed by atoms with Crippen LogP contribution < -0.4 is 10.1 Å². The maximum absolute atomic E-state index is 12.7. The van der Waals surface area contributed by atoms with Gasteiger partial charge in [-0.15, -0.1) is 10.2 Å². The van der Waals surface area contributed by atoms with Crippen LogP contribution in [-0.2, 0) is 28.2 Å². The van der Waals surface area contributed by atoms with E-state index in [0.29, 0.717) is 31.4 Å². The van der Waals surface area contributed by atoms with Gasteiger partial charge in [-0.05, 0) is 31.5 Å². The predicted octanol–water partition coefficient (Wildman–Crippen LogP) is 1.16. The average molecular weight is 316 g/mol. The van der Waals surface area contributed by atoms with Gasteiger partial charge in [-0.2, -0.15) is 0 Å². The van der Waals surface area contributed by atoms with Crippen LogP contribution in [0.2, 0.25) is 0 Å². The van der Waals surface area contributed by atoms with E-state index < -0.39 is 5.54 Å². The number of carbonyl (C=O) groups excluding carboxylic acids is 1. The first-order valence-electron chi connectivity index (χ1n) is 7.45. The van der Waals surface area contributed by atoms with E-state index in [0.717, 1.165) is 11.3 Å². The molecule has 0 bridgehead atoms. The molecule has 23 heavy (non-hydrogen) atoms. The molecule has 1 aromatic heterocycles. The van der Waals surface area contributed by atoms with E-state index >= 15 is 0 Å². The molecule has 122 valence electrons. The van der Waals surface area contributed by atoms with Gasteiger partial charge in [0.1, 0.15) is 23.7 Å². The second-order valence-electron chi connectivity index (χ2n) is 5.80. The summed E-state index contributed by atoms with van der Waals surface area (Å²) in [6.07, 6.45) is 0. The number of ether oxygens (including phenoxy) is 2. The third-order valence-corrected chi connectivity index (χ3v) is 4.10. The monoisotopic (exact) mass is 316 g/mol. The number of hydrogen-bond donors (Lipinski definition) is 1. The van der Waals surface area contributed by atoms with Crippen LogP contribution in [0.4, 0.5) is 0 Å². The highest BCUT2D eigenvalue weighted by Crippen LogP contribution is 2.26. The van der Waals surface area contributed by atoms with Crippen molar-refractivity contribution in [3.8, 4) is 5.75 Å². The average Bonchev–Trinajstić information content (AvgIpc) is 2.96. The van der Waals surface area contributed by atoms with Crippen molar-refractivity contribution in [3.05, 3.63) is 41.5 Å². The third-order valence-electron chi connectivity index (χ3n) is 4.10. The number of carbonyl (C=O) groups is 1. The molecule has 1 aliphatic heterocycles. The highest BCUT2D eigenvalue weighted by atomic mass is 16.5. The van der Waals surface area contributed by atoms with Crippen LogP contribution in [0, 0.1) is 6.92 Å². The quantitative estimate of drug-likeness (QED) is 0.916. The second kappa shape index (κ2) is 6.00. The molecule has 0 spiro atoms. The molecule has 1 atom stereocenters. The molecule has 3 rings (SSSR count).